The van der Waals surface area contributed by atoms with Crippen LogP contribution < -0.4 is 0 Å². The first-order valence-electron chi connectivity index (χ1n) is 20.3. The van der Waals surface area contributed by atoms with Crippen LogP contribution in [0, 0.1) is 34.5 Å². The van der Waals surface area contributed by atoms with E-state index in [9.17, 15) is 0 Å². The van der Waals surface area contributed by atoms with Crippen LogP contribution in [-0.2, 0) is 0 Å². The van der Waals surface area contributed by atoms with Crippen LogP contribution in [0.4, 0.5) is 0 Å². The van der Waals surface area contributed by atoms with Gasteiger partial charge in [0.25, 0.3) is 0 Å². The summed E-state index contributed by atoms with van der Waals surface area (Å²) in [5.41, 5.74) is 14.4. The maximum atomic E-state index is 4.82. The molecular formula is C50H70. The molecule has 0 heterocycles. The summed E-state index contributed by atoms with van der Waals surface area (Å²) in [5, 5.41) is 0. The molecule has 0 N–H and O–H groups in total. The molecule has 3 saturated carbocycles. The molecule has 0 radical (unpaired) electrons. The molecule has 5 atom stereocenters. The van der Waals surface area contributed by atoms with E-state index in [-0.39, 0.29) is 0 Å². The van der Waals surface area contributed by atoms with Gasteiger partial charge in [-0.1, -0.05) is 139 Å². The summed E-state index contributed by atoms with van der Waals surface area (Å²) >= 11 is 0. The van der Waals surface area contributed by atoms with Crippen LogP contribution in [0.5, 0.6) is 0 Å². The Hall–Kier alpha value is -2.86. The fraction of sp³-hybridized carbons (Fsp3) is 0.560. The smallest absolute Gasteiger partial charge is 0.00957 e. The highest BCUT2D eigenvalue weighted by molar-refractivity contribution is 5.75. The molecule has 50 heavy (non-hydrogen) atoms. The summed E-state index contributed by atoms with van der Waals surface area (Å²) in [7, 11) is 0. The molecule has 1 aromatic rings. The van der Waals surface area contributed by atoms with Crippen LogP contribution in [0.25, 0.3) is 5.57 Å². The lowest BCUT2D eigenvalue weighted by Crippen LogP contribution is -2.24. The molecule has 0 aromatic heterocycles. The molecule has 5 rings (SSSR count). The maximum Gasteiger partial charge on any atom is -0.00957 e. The number of rotatable bonds is 10. The topological polar surface area (TPSA) is 0 Å². The minimum atomic E-state index is 0.320. The van der Waals surface area contributed by atoms with Gasteiger partial charge in [-0.05, 0) is 171 Å². The molecule has 4 aliphatic rings. The first kappa shape index (κ1) is 38.4. The Labute approximate surface area is 308 Å². The zero-order valence-electron chi connectivity index (χ0n) is 33.4. The normalized spacial score (nSPS) is 26.2. The van der Waals surface area contributed by atoms with Gasteiger partial charge in [0.2, 0.25) is 0 Å². The molecular weight excluding hydrogens is 601 g/mol. The summed E-state index contributed by atoms with van der Waals surface area (Å²) in [5.74, 6) is 2.88. The highest BCUT2D eigenvalue weighted by atomic mass is 14.5. The van der Waals surface area contributed by atoms with E-state index in [0.717, 1.165) is 30.6 Å². The van der Waals surface area contributed by atoms with Crippen molar-refractivity contribution in [3.05, 3.63) is 125 Å². The van der Waals surface area contributed by atoms with Crippen LogP contribution in [0.2, 0.25) is 0 Å². The number of hydrogen-bond acceptors (Lipinski definition) is 0. The monoisotopic (exact) mass is 671 g/mol. The molecule has 3 unspecified atom stereocenters. The summed E-state index contributed by atoms with van der Waals surface area (Å²) < 4.78 is 0. The molecule has 4 aliphatic carbocycles. The highest BCUT2D eigenvalue weighted by Crippen LogP contribution is 2.56. The fourth-order valence-corrected chi connectivity index (χ4v) is 9.02. The average Bonchev–Trinajstić information content (AvgIpc) is 3.90. The van der Waals surface area contributed by atoms with Crippen molar-refractivity contribution in [3.8, 4) is 0 Å². The Morgan fingerprint density at radius 2 is 1.68 bits per heavy atom. The van der Waals surface area contributed by atoms with Gasteiger partial charge in [-0.15, -0.1) is 0 Å². The molecule has 270 valence electrons. The predicted octanol–water partition coefficient (Wildman–Crippen LogP) is 15.3. The first-order valence-corrected chi connectivity index (χ1v) is 20.3. The van der Waals surface area contributed by atoms with E-state index < -0.39 is 0 Å². The molecule has 1 spiro atoms. The van der Waals surface area contributed by atoms with E-state index in [0.29, 0.717) is 29.1 Å². The van der Waals surface area contributed by atoms with Crippen LogP contribution in [0.3, 0.4) is 0 Å². The Balaban J connectivity index is 1.38. The van der Waals surface area contributed by atoms with E-state index in [1.807, 2.05) is 0 Å². The van der Waals surface area contributed by atoms with Crippen molar-refractivity contribution in [1.82, 2.24) is 0 Å². The minimum Gasteiger partial charge on any atom is -0.0956 e. The summed E-state index contributed by atoms with van der Waals surface area (Å²) in [6, 6.07) is 9.60. The number of benzene rings is 1. The quantitative estimate of drug-likeness (QED) is 0.217. The average molecular weight is 671 g/mol. The highest BCUT2D eigenvalue weighted by Gasteiger charge is 2.43. The third-order valence-corrected chi connectivity index (χ3v) is 13.6. The summed E-state index contributed by atoms with van der Waals surface area (Å²) in [6.45, 7) is 32.3. The lowest BCUT2D eigenvalue weighted by molar-refractivity contribution is 0.215. The molecule has 1 aromatic carbocycles. The second-order valence-electron chi connectivity index (χ2n) is 18.5. The van der Waals surface area contributed by atoms with Gasteiger partial charge in [-0.2, -0.15) is 0 Å². The molecule has 3 fully saturated rings. The maximum absolute atomic E-state index is 4.82. The van der Waals surface area contributed by atoms with Gasteiger partial charge in [0, 0.05) is 0 Å². The van der Waals surface area contributed by atoms with E-state index in [2.05, 4.69) is 123 Å². The standard InChI is InChI=1S/C50H70/c1-34(2)45(32-46-33-47(49(9,10)11)24-16-37(46)5)31-38(6)39(7)40(8)48(25-17-41-13-12-27-50(28-26-41)29-30-50)44-22-20-43(21-23-44)42-18-14-35(3)36(4)15-19-42/h14,18-23,31-32,36,40-41,47-48H,3,5,7,12-13,15-17,24-30,33H2,1-2,4,6,8-11H3/b38-31+,46-32-/t36?,40-,41?,47?,48-/m0/s1. The van der Waals surface area contributed by atoms with Crippen LogP contribution >= 0.6 is 0 Å². The van der Waals surface area contributed by atoms with Crippen molar-refractivity contribution in [3.63, 3.8) is 0 Å². The molecule has 0 aliphatic heterocycles. The Bertz CT molecular complexity index is 1560. The van der Waals surface area contributed by atoms with Gasteiger partial charge in [0.05, 0.1) is 0 Å². The van der Waals surface area contributed by atoms with Gasteiger partial charge >= 0.3 is 0 Å². The SMILES string of the molecule is C=C1CCC(C(C)(C)C)C/C1=C/C(/C=C(\C)C(=C)[C@H](C)[C@H](CCC1CCCC2(CC1)CC2)c1ccc(C2=CCC(C)C(=C)C=C2)cc1)=C(C)C. The fourth-order valence-electron chi connectivity index (χ4n) is 9.02. The van der Waals surface area contributed by atoms with Gasteiger partial charge in [0.1, 0.15) is 0 Å². The Morgan fingerprint density at radius 1 is 0.960 bits per heavy atom. The largest absolute Gasteiger partial charge is 0.0956 e. The third-order valence-electron chi connectivity index (χ3n) is 13.6. The second-order valence-corrected chi connectivity index (χ2v) is 18.5. The number of hydrogen-bond donors (Lipinski definition) is 0. The van der Waals surface area contributed by atoms with Gasteiger partial charge in [-0.25, -0.2) is 0 Å². The summed E-state index contributed by atoms with van der Waals surface area (Å²) in [4.78, 5) is 0. The van der Waals surface area contributed by atoms with E-state index >= 15 is 0 Å². The van der Waals surface area contributed by atoms with Crippen molar-refractivity contribution >= 4 is 5.57 Å². The van der Waals surface area contributed by atoms with Crippen molar-refractivity contribution < 1.29 is 0 Å². The zero-order valence-corrected chi connectivity index (χ0v) is 33.4. The van der Waals surface area contributed by atoms with Crippen molar-refractivity contribution in [2.75, 3.05) is 0 Å². The molecule has 0 saturated heterocycles. The Kier molecular flexibility index (Phi) is 12.4. The molecule has 0 heteroatoms. The predicted molar refractivity (Wildman–Crippen MR) is 221 cm³/mol. The molecule has 0 nitrogen and oxygen atoms in total. The second kappa shape index (κ2) is 16.2. The Morgan fingerprint density at radius 3 is 2.34 bits per heavy atom. The van der Waals surface area contributed by atoms with E-state index in [1.165, 1.54) is 120 Å². The third kappa shape index (κ3) is 9.72. The van der Waals surface area contributed by atoms with Crippen LogP contribution in [-0.4, -0.2) is 0 Å². The van der Waals surface area contributed by atoms with Crippen LogP contribution in [0.1, 0.15) is 156 Å². The van der Waals surface area contributed by atoms with Crippen molar-refractivity contribution in [2.24, 2.45) is 34.5 Å². The van der Waals surface area contributed by atoms with Crippen molar-refractivity contribution in [1.29, 1.82) is 0 Å². The minimum absolute atomic E-state index is 0.320. The molecule has 0 amide bonds. The number of allylic oxidation sites excluding steroid dienone is 13. The first-order chi connectivity index (χ1) is 23.7. The van der Waals surface area contributed by atoms with Gasteiger partial charge < -0.3 is 0 Å². The van der Waals surface area contributed by atoms with Gasteiger partial charge in [-0.3, -0.25) is 0 Å². The zero-order chi connectivity index (χ0) is 36.2. The lowest BCUT2D eigenvalue weighted by atomic mass is 9.69. The lowest BCUT2D eigenvalue weighted by Gasteiger charge is -2.36. The van der Waals surface area contributed by atoms with E-state index in [1.54, 1.807) is 0 Å². The van der Waals surface area contributed by atoms with Crippen LogP contribution in [0.15, 0.2) is 113 Å². The molecule has 0 bridgehead atoms. The van der Waals surface area contributed by atoms with Gasteiger partial charge in [0.15, 0.2) is 0 Å². The van der Waals surface area contributed by atoms with E-state index in [4.69, 9.17) is 6.58 Å². The van der Waals surface area contributed by atoms with Crippen molar-refractivity contribution in [2.45, 2.75) is 145 Å². The summed E-state index contributed by atoms with van der Waals surface area (Å²) in [6.07, 6.45) is 29.1.